The Labute approximate surface area is 125 Å². The van der Waals surface area contributed by atoms with Gasteiger partial charge in [0.25, 0.3) is 0 Å². The SMILES string of the molecule is CC1=C(C)C(C(C)C2C(C)=C(C)C(C)=C2C)C(C)=C1C. The van der Waals surface area contributed by atoms with Gasteiger partial charge < -0.3 is 0 Å². The van der Waals surface area contributed by atoms with Crippen molar-refractivity contribution in [2.45, 2.75) is 62.3 Å². The topological polar surface area (TPSA) is 0 Å². The molecule has 20 heavy (non-hydrogen) atoms. The van der Waals surface area contributed by atoms with Crippen molar-refractivity contribution < 1.29 is 0 Å². The van der Waals surface area contributed by atoms with Crippen molar-refractivity contribution in [1.82, 2.24) is 0 Å². The minimum atomic E-state index is 0.628. The largest absolute Gasteiger partial charge is 0.0627 e. The molecule has 2 aliphatic carbocycles. The fraction of sp³-hybridized carbons (Fsp3) is 0.600. The van der Waals surface area contributed by atoms with Crippen LogP contribution in [-0.2, 0) is 0 Å². The van der Waals surface area contributed by atoms with Crippen LogP contribution in [0.3, 0.4) is 0 Å². The summed E-state index contributed by atoms with van der Waals surface area (Å²) in [5.41, 5.74) is 12.5. The summed E-state index contributed by atoms with van der Waals surface area (Å²) in [5, 5.41) is 0. The molecule has 0 aromatic heterocycles. The Morgan fingerprint density at radius 1 is 0.500 bits per heavy atom. The molecule has 0 fully saturated rings. The Morgan fingerprint density at radius 2 is 0.700 bits per heavy atom. The van der Waals surface area contributed by atoms with Crippen LogP contribution in [0.5, 0.6) is 0 Å². The molecule has 0 aliphatic heterocycles. The quantitative estimate of drug-likeness (QED) is 0.558. The molecule has 0 spiro atoms. The zero-order valence-corrected chi connectivity index (χ0v) is 14.7. The standard InChI is InChI=1S/C20H30/c1-10-11(2)15(6)19(14(10)5)18(9)20-16(7)12(3)13(4)17(20)8/h18-20H,1-9H3. The van der Waals surface area contributed by atoms with Crippen LogP contribution < -0.4 is 0 Å². The molecule has 2 aliphatic rings. The van der Waals surface area contributed by atoms with Crippen LogP contribution in [0.1, 0.15) is 62.3 Å². The number of allylic oxidation sites excluding steroid dienone is 8. The van der Waals surface area contributed by atoms with E-state index in [9.17, 15) is 0 Å². The van der Waals surface area contributed by atoms with Gasteiger partial charge in [0.05, 0.1) is 0 Å². The molecule has 2 rings (SSSR count). The van der Waals surface area contributed by atoms with E-state index in [1.54, 1.807) is 22.3 Å². The van der Waals surface area contributed by atoms with Gasteiger partial charge in [-0.15, -0.1) is 0 Å². The lowest BCUT2D eigenvalue weighted by molar-refractivity contribution is 0.380. The van der Waals surface area contributed by atoms with E-state index >= 15 is 0 Å². The summed E-state index contributed by atoms with van der Waals surface area (Å²) in [7, 11) is 0. The smallest absolute Gasteiger partial charge is 0.00475 e. The van der Waals surface area contributed by atoms with Crippen molar-refractivity contribution in [1.29, 1.82) is 0 Å². The lowest BCUT2D eigenvalue weighted by Crippen LogP contribution is -2.22. The van der Waals surface area contributed by atoms with Gasteiger partial charge in [-0.2, -0.15) is 0 Å². The number of rotatable bonds is 2. The second-order valence-corrected chi connectivity index (χ2v) is 7.05. The molecule has 0 aromatic carbocycles. The first-order valence-corrected chi connectivity index (χ1v) is 7.90. The minimum absolute atomic E-state index is 0.628. The van der Waals surface area contributed by atoms with Gasteiger partial charge in [-0.3, -0.25) is 0 Å². The van der Waals surface area contributed by atoms with Gasteiger partial charge in [0.2, 0.25) is 0 Å². The van der Waals surface area contributed by atoms with Gasteiger partial charge in [-0.1, -0.05) is 29.2 Å². The molecule has 0 nitrogen and oxygen atoms in total. The first-order valence-electron chi connectivity index (χ1n) is 7.90. The predicted molar refractivity (Wildman–Crippen MR) is 89.6 cm³/mol. The Bertz CT molecular complexity index is 475. The van der Waals surface area contributed by atoms with Gasteiger partial charge in [0.15, 0.2) is 0 Å². The van der Waals surface area contributed by atoms with Crippen molar-refractivity contribution in [3.05, 3.63) is 44.6 Å². The van der Waals surface area contributed by atoms with Crippen molar-refractivity contribution in [2.75, 3.05) is 0 Å². The predicted octanol–water partition coefficient (Wildman–Crippen LogP) is 6.23. The van der Waals surface area contributed by atoms with Crippen LogP contribution in [0.2, 0.25) is 0 Å². The van der Waals surface area contributed by atoms with Gasteiger partial charge in [-0.25, -0.2) is 0 Å². The maximum atomic E-state index is 2.45. The summed E-state index contributed by atoms with van der Waals surface area (Å²) in [6.45, 7) is 21.0. The average molecular weight is 270 g/mol. The Hall–Kier alpha value is -1.04. The average Bonchev–Trinajstić information content (AvgIpc) is 2.71. The van der Waals surface area contributed by atoms with Crippen LogP contribution in [0.25, 0.3) is 0 Å². The molecule has 0 saturated heterocycles. The molecule has 0 heterocycles. The van der Waals surface area contributed by atoms with Crippen LogP contribution in [0.4, 0.5) is 0 Å². The molecule has 0 radical (unpaired) electrons. The van der Waals surface area contributed by atoms with Gasteiger partial charge in [-0.05, 0) is 83.6 Å². The monoisotopic (exact) mass is 270 g/mol. The van der Waals surface area contributed by atoms with Crippen molar-refractivity contribution >= 4 is 0 Å². The summed E-state index contributed by atoms with van der Waals surface area (Å²) in [5.74, 6) is 1.92. The first kappa shape index (κ1) is 15.4. The molecular formula is C20H30. The molecule has 0 aromatic rings. The maximum Gasteiger partial charge on any atom is 0.00475 e. The second kappa shape index (κ2) is 5.06. The van der Waals surface area contributed by atoms with E-state index < -0.39 is 0 Å². The third kappa shape index (κ3) is 1.96. The van der Waals surface area contributed by atoms with E-state index in [2.05, 4.69) is 62.3 Å². The normalized spacial score (nSPS) is 22.5. The summed E-state index contributed by atoms with van der Waals surface area (Å²) in [6, 6.07) is 0. The van der Waals surface area contributed by atoms with E-state index in [-0.39, 0.29) is 0 Å². The molecule has 110 valence electrons. The Morgan fingerprint density at radius 3 is 0.900 bits per heavy atom. The summed E-state index contributed by atoms with van der Waals surface area (Å²) in [6.07, 6.45) is 0. The molecule has 0 atom stereocenters. The number of hydrogen-bond acceptors (Lipinski definition) is 0. The third-order valence-electron chi connectivity index (χ3n) is 6.41. The van der Waals surface area contributed by atoms with Crippen molar-refractivity contribution in [3.8, 4) is 0 Å². The van der Waals surface area contributed by atoms with Gasteiger partial charge in [0.1, 0.15) is 0 Å². The zero-order valence-electron chi connectivity index (χ0n) is 14.7. The Balaban J connectivity index is 2.43. The molecule has 0 unspecified atom stereocenters. The molecule has 0 saturated carbocycles. The highest BCUT2D eigenvalue weighted by Crippen LogP contribution is 2.49. The minimum Gasteiger partial charge on any atom is -0.0627 e. The highest BCUT2D eigenvalue weighted by molar-refractivity contribution is 5.50. The summed E-state index contributed by atoms with van der Waals surface area (Å²) in [4.78, 5) is 0. The fourth-order valence-electron chi connectivity index (χ4n) is 4.54. The van der Waals surface area contributed by atoms with E-state index in [0.717, 1.165) is 0 Å². The summed E-state index contributed by atoms with van der Waals surface area (Å²) < 4.78 is 0. The molecule has 0 heteroatoms. The van der Waals surface area contributed by atoms with E-state index in [1.165, 1.54) is 22.3 Å². The van der Waals surface area contributed by atoms with E-state index in [1.807, 2.05) is 0 Å². The molecule has 0 amide bonds. The number of hydrogen-bond donors (Lipinski definition) is 0. The zero-order chi connectivity index (χ0) is 15.4. The van der Waals surface area contributed by atoms with E-state index in [0.29, 0.717) is 17.8 Å². The highest BCUT2D eigenvalue weighted by atomic mass is 14.4. The van der Waals surface area contributed by atoms with Crippen LogP contribution in [0.15, 0.2) is 44.6 Å². The van der Waals surface area contributed by atoms with Crippen molar-refractivity contribution in [2.24, 2.45) is 17.8 Å². The lowest BCUT2D eigenvalue weighted by atomic mass is 9.73. The second-order valence-electron chi connectivity index (χ2n) is 7.05. The lowest BCUT2D eigenvalue weighted by Gasteiger charge is -2.31. The van der Waals surface area contributed by atoms with Crippen LogP contribution in [0, 0.1) is 17.8 Å². The van der Waals surface area contributed by atoms with Crippen LogP contribution >= 0.6 is 0 Å². The first-order chi connectivity index (χ1) is 9.20. The Kier molecular flexibility index (Phi) is 3.88. The van der Waals surface area contributed by atoms with Crippen molar-refractivity contribution in [3.63, 3.8) is 0 Å². The molecular weight excluding hydrogens is 240 g/mol. The van der Waals surface area contributed by atoms with Gasteiger partial charge in [0, 0.05) is 11.8 Å². The fourth-order valence-corrected chi connectivity index (χ4v) is 4.54. The molecule has 0 N–H and O–H groups in total. The summed E-state index contributed by atoms with van der Waals surface area (Å²) >= 11 is 0. The third-order valence-corrected chi connectivity index (χ3v) is 6.41. The van der Waals surface area contributed by atoms with E-state index in [4.69, 9.17) is 0 Å². The maximum absolute atomic E-state index is 2.45. The van der Waals surface area contributed by atoms with Gasteiger partial charge >= 0.3 is 0 Å². The van der Waals surface area contributed by atoms with Crippen LogP contribution in [-0.4, -0.2) is 0 Å². The molecule has 0 bridgehead atoms. The highest BCUT2D eigenvalue weighted by Gasteiger charge is 2.37.